The molecule has 0 radical (unpaired) electrons. The predicted molar refractivity (Wildman–Crippen MR) is 71.4 cm³/mol. The first-order valence-corrected chi connectivity index (χ1v) is 6.59. The lowest BCUT2D eigenvalue weighted by Gasteiger charge is -2.02. The first-order valence-electron chi connectivity index (χ1n) is 5.11. The summed E-state index contributed by atoms with van der Waals surface area (Å²) < 4.78 is 8.29. The highest BCUT2D eigenvalue weighted by Gasteiger charge is 2.26. The van der Waals surface area contributed by atoms with Crippen molar-refractivity contribution in [2.24, 2.45) is 16.6 Å². The number of amidine groups is 1. The van der Waals surface area contributed by atoms with E-state index in [-0.39, 0.29) is 0 Å². The maximum atomic E-state index is 6.12. The summed E-state index contributed by atoms with van der Waals surface area (Å²) in [5.74, 6) is 1.01. The molecule has 0 unspecified atom stereocenters. The van der Waals surface area contributed by atoms with Gasteiger partial charge in [-0.25, -0.2) is 4.99 Å². The molecule has 0 spiro atoms. The Morgan fingerprint density at radius 1 is 1.29 bits per heavy atom. The summed E-state index contributed by atoms with van der Waals surface area (Å²) in [6.45, 7) is 0. The Morgan fingerprint density at radius 2 is 2.00 bits per heavy atom. The molecule has 1 aliphatic carbocycles. The average Bonchev–Trinajstić information content (AvgIpc) is 3.02. The van der Waals surface area contributed by atoms with Crippen molar-refractivity contribution in [1.82, 2.24) is 8.75 Å². The van der Waals surface area contributed by atoms with E-state index in [1.807, 2.05) is 0 Å². The number of fused-ring (bicyclic) bond motifs is 1. The van der Waals surface area contributed by atoms with E-state index in [0.717, 1.165) is 24.6 Å². The molecule has 7 heteroatoms. The van der Waals surface area contributed by atoms with Gasteiger partial charge in [-0.3, -0.25) is 0 Å². The van der Waals surface area contributed by atoms with E-state index in [0.29, 0.717) is 38.5 Å². The van der Waals surface area contributed by atoms with Crippen LogP contribution in [0.25, 0.3) is 11.0 Å². The molecular weight excluding hydrogens is 279 g/mol. The van der Waals surface area contributed by atoms with E-state index >= 15 is 0 Å². The van der Waals surface area contributed by atoms with Crippen LogP contribution in [-0.2, 0) is 0 Å². The second kappa shape index (κ2) is 4.08. The van der Waals surface area contributed by atoms with Crippen LogP contribution < -0.4 is 5.73 Å². The lowest BCUT2D eigenvalue weighted by Crippen LogP contribution is -2.13. The highest BCUT2D eigenvalue weighted by atomic mass is 35.5. The predicted octanol–water partition coefficient (Wildman–Crippen LogP) is 3.40. The zero-order chi connectivity index (χ0) is 12.0. The summed E-state index contributed by atoms with van der Waals surface area (Å²) in [6.07, 6.45) is 2.19. The van der Waals surface area contributed by atoms with Crippen molar-refractivity contribution in [3.05, 3.63) is 16.1 Å². The third kappa shape index (κ3) is 1.99. The van der Waals surface area contributed by atoms with Gasteiger partial charge in [0.25, 0.3) is 0 Å². The zero-order valence-corrected chi connectivity index (χ0v) is 11.0. The van der Waals surface area contributed by atoms with Crippen molar-refractivity contribution < 1.29 is 0 Å². The van der Waals surface area contributed by atoms with Crippen LogP contribution in [0.3, 0.4) is 0 Å². The Labute approximate surface area is 112 Å². The number of aromatic nitrogens is 2. The molecule has 0 bridgehead atoms. The van der Waals surface area contributed by atoms with E-state index in [2.05, 4.69) is 13.7 Å². The van der Waals surface area contributed by atoms with E-state index < -0.39 is 0 Å². The van der Waals surface area contributed by atoms with Gasteiger partial charge < -0.3 is 5.73 Å². The van der Waals surface area contributed by atoms with E-state index in [9.17, 15) is 0 Å². The van der Waals surface area contributed by atoms with Gasteiger partial charge in [-0.2, -0.15) is 8.75 Å². The van der Waals surface area contributed by atoms with E-state index in [4.69, 9.17) is 28.9 Å². The first-order chi connectivity index (χ1) is 8.16. The molecule has 2 N–H and O–H groups in total. The SMILES string of the molecule is NC(=Nc1c(Cl)cc(Cl)c2nsnc12)C1CC1. The van der Waals surface area contributed by atoms with Crippen molar-refractivity contribution in [3.63, 3.8) is 0 Å². The van der Waals surface area contributed by atoms with Crippen molar-refractivity contribution >= 4 is 57.5 Å². The standard InChI is InChI=1S/C10H8Cl2N4S/c11-5-3-6(12)8-9(16-17-15-8)7(5)14-10(13)4-1-2-4/h3-4H,1-2H2,(H2,13,14). The van der Waals surface area contributed by atoms with Crippen molar-refractivity contribution in [1.29, 1.82) is 0 Å². The van der Waals surface area contributed by atoms with Gasteiger partial charge in [0.1, 0.15) is 22.6 Å². The third-order valence-corrected chi connectivity index (χ3v) is 3.76. The molecule has 3 rings (SSSR count). The second-order valence-corrected chi connectivity index (χ2v) is 5.30. The van der Waals surface area contributed by atoms with Crippen LogP contribution in [0.4, 0.5) is 5.69 Å². The largest absolute Gasteiger partial charge is 0.387 e. The zero-order valence-electron chi connectivity index (χ0n) is 8.65. The van der Waals surface area contributed by atoms with Gasteiger partial charge in [0.15, 0.2) is 0 Å². The summed E-state index contributed by atoms with van der Waals surface area (Å²) in [5, 5.41) is 0.946. The van der Waals surface area contributed by atoms with Crippen LogP contribution in [0.2, 0.25) is 10.0 Å². The average molecular weight is 287 g/mol. The molecule has 0 saturated heterocycles. The number of aliphatic imine (C=N–C) groups is 1. The molecule has 4 nitrogen and oxygen atoms in total. The number of benzene rings is 1. The molecule has 1 heterocycles. The van der Waals surface area contributed by atoms with Crippen LogP contribution in [0.5, 0.6) is 0 Å². The molecule has 0 atom stereocenters. The molecule has 1 aromatic carbocycles. The van der Waals surface area contributed by atoms with Crippen LogP contribution in [0.1, 0.15) is 12.8 Å². The minimum Gasteiger partial charge on any atom is -0.387 e. The molecule has 17 heavy (non-hydrogen) atoms. The summed E-state index contributed by atoms with van der Waals surface area (Å²) in [6, 6.07) is 1.63. The summed E-state index contributed by atoms with van der Waals surface area (Å²) in [5.41, 5.74) is 7.71. The maximum absolute atomic E-state index is 6.12. The molecular formula is C10H8Cl2N4S. The van der Waals surface area contributed by atoms with Crippen molar-refractivity contribution in [2.45, 2.75) is 12.8 Å². The van der Waals surface area contributed by atoms with Gasteiger partial charge in [0, 0.05) is 5.92 Å². The Balaban J connectivity index is 2.20. The second-order valence-electron chi connectivity index (χ2n) is 3.96. The van der Waals surface area contributed by atoms with Crippen LogP contribution in [0, 0.1) is 5.92 Å². The van der Waals surface area contributed by atoms with Gasteiger partial charge in [-0.05, 0) is 18.9 Å². The van der Waals surface area contributed by atoms with E-state index in [1.165, 1.54) is 0 Å². The molecule has 1 saturated carbocycles. The van der Waals surface area contributed by atoms with Gasteiger partial charge >= 0.3 is 0 Å². The van der Waals surface area contributed by atoms with Crippen LogP contribution in [-0.4, -0.2) is 14.6 Å². The molecule has 0 aliphatic heterocycles. The lowest BCUT2D eigenvalue weighted by molar-refractivity contribution is 1.16. The van der Waals surface area contributed by atoms with Gasteiger partial charge in [-0.15, -0.1) is 0 Å². The Kier molecular flexibility index (Phi) is 2.69. The highest BCUT2D eigenvalue weighted by Crippen LogP contribution is 2.38. The first kappa shape index (κ1) is 11.2. The number of halogens is 2. The van der Waals surface area contributed by atoms with Crippen molar-refractivity contribution in [3.8, 4) is 0 Å². The van der Waals surface area contributed by atoms with Crippen LogP contribution >= 0.6 is 34.9 Å². The topological polar surface area (TPSA) is 64.2 Å². The summed E-state index contributed by atoms with van der Waals surface area (Å²) in [4.78, 5) is 4.37. The fourth-order valence-electron chi connectivity index (χ4n) is 1.57. The monoisotopic (exact) mass is 286 g/mol. The van der Waals surface area contributed by atoms with Gasteiger partial charge in [0.2, 0.25) is 0 Å². The number of nitrogens with two attached hydrogens (primary N) is 1. The lowest BCUT2D eigenvalue weighted by atomic mass is 10.2. The molecule has 88 valence electrons. The maximum Gasteiger partial charge on any atom is 0.133 e. The smallest absolute Gasteiger partial charge is 0.133 e. The molecule has 2 aromatic rings. The number of hydrogen-bond donors (Lipinski definition) is 1. The van der Waals surface area contributed by atoms with Crippen molar-refractivity contribution in [2.75, 3.05) is 0 Å². The minimum atomic E-state index is 0.392. The Hall–Kier alpha value is -0.910. The molecule has 1 aromatic heterocycles. The summed E-state index contributed by atoms with van der Waals surface area (Å²) in [7, 11) is 0. The molecule has 0 amide bonds. The summed E-state index contributed by atoms with van der Waals surface area (Å²) >= 11 is 13.2. The fourth-order valence-corrected chi connectivity index (χ4v) is 2.72. The van der Waals surface area contributed by atoms with Crippen LogP contribution in [0.15, 0.2) is 11.1 Å². The van der Waals surface area contributed by atoms with Gasteiger partial charge in [-0.1, -0.05) is 23.2 Å². The third-order valence-electron chi connectivity index (χ3n) is 2.66. The number of hydrogen-bond acceptors (Lipinski definition) is 4. The Bertz CT molecular complexity index is 618. The molecule has 1 fully saturated rings. The van der Waals surface area contributed by atoms with Gasteiger partial charge in [0.05, 0.1) is 21.8 Å². The van der Waals surface area contributed by atoms with E-state index in [1.54, 1.807) is 6.07 Å². The quantitative estimate of drug-likeness (QED) is 0.680. The number of nitrogens with zero attached hydrogens (tertiary/aromatic N) is 3. The Morgan fingerprint density at radius 3 is 2.71 bits per heavy atom. The number of rotatable bonds is 2. The molecule has 1 aliphatic rings. The highest BCUT2D eigenvalue weighted by molar-refractivity contribution is 7.00. The minimum absolute atomic E-state index is 0.392. The normalized spacial score (nSPS) is 16.7. The fraction of sp³-hybridized carbons (Fsp3) is 0.300.